The van der Waals surface area contributed by atoms with Crippen molar-refractivity contribution >= 4 is 11.9 Å². The van der Waals surface area contributed by atoms with Gasteiger partial charge < -0.3 is 10.1 Å². The van der Waals surface area contributed by atoms with Crippen LogP contribution in [0.4, 0.5) is 13.2 Å². The van der Waals surface area contributed by atoms with E-state index >= 15 is 0 Å². The quantitative estimate of drug-likeness (QED) is 0.848. The number of alkyl halides is 3. The molecule has 104 valence electrons. The van der Waals surface area contributed by atoms with Crippen LogP contribution in [-0.2, 0) is 26.9 Å². The van der Waals surface area contributed by atoms with E-state index in [0.29, 0.717) is 0 Å². The van der Waals surface area contributed by atoms with Gasteiger partial charge in [0.1, 0.15) is 6.54 Å². The Labute approximate surface area is 107 Å². The van der Waals surface area contributed by atoms with Crippen molar-refractivity contribution in [1.29, 1.82) is 0 Å². The molecule has 19 heavy (non-hydrogen) atoms. The van der Waals surface area contributed by atoms with Crippen LogP contribution in [0.2, 0.25) is 0 Å². The van der Waals surface area contributed by atoms with E-state index in [0.717, 1.165) is 13.2 Å². The summed E-state index contributed by atoms with van der Waals surface area (Å²) in [6.45, 7) is -0.372. The van der Waals surface area contributed by atoms with Gasteiger partial charge in [0.15, 0.2) is 0 Å². The van der Waals surface area contributed by atoms with Crippen molar-refractivity contribution in [2.75, 3.05) is 13.7 Å². The SMILES string of the molecule is COC(=O)CNC(=O)Cc1ccccc1C(F)(F)F. The van der Waals surface area contributed by atoms with Gasteiger partial charge in [0.25, 0.3) is 0 Å². The van der Waals surface area contributed by atoms with E-state index in [4.69, 9.17) is 0 Å². The highest BCUT2D eigenvalue weighted by atomic mass is 19.4. The highest BCUT2D eigenvalue weighted by Gasteiger charge is 2.33. The molecule has 7 heteroatoms. The van der Waals surface area contributed by atoms with Crippen LogP contribution in [0, 0.1) is 0 Å². The van der Waals surface area contributed by atoms with E-state index in [1.165, 1.54) is 18.2 Å². The van der Waals surface area contributed by atoms with Gasteiger partial charge >= 0.3 is 12.1 Å². The Bertz CT molecular complexity index is 472. The molecule has 0 aliphatic heterocycles. The first-order valence-electron chi connectivity index (χ1n) is 5.33. The second-order valence-corrected chi connectivity index (χ2v) is 3.68. The van der Waals surface area contributed by atoms with Crippen molar-refractivity contribution < 1.29 is 27.5 Å². The number of methoxy groups -OCH3 is 1. The summed E-state index contributed by atoms with van der Waals surface area (Å²) in [7, 11) is 1.15. The van der Waals surface area contributed by atoms with Gasteiger partial charge in [-0.3, -0.25) is 9.59 Å². The minimum absolute atomic E-state index is 0.141. The van der Waals surface area contributed by atoms with Gasteiger partial charge in [0.2, 0.25) is 5.91 Å². The summed E-state index contributed by atoms with van der Waals surface area (Å²) in [5, 5.41) is 2.18. The molecule has 1 aromatic carbocycles. The molecule has 0 bridgehead atoms. The third-order valence-electron chi connectivity index (χ3n) is 2.33. The largest absolute Gasteiger partial charge is 0.468 e. The average Bonchev–Trinajstić information content (AvgIpc) is 2.35. The second kappa shape index (κ2) is 6.21. The molecule has 1 aromatic rings. The third-order valence-corrected chi connectivity index (χ3v) is 2.33. The molecule has 0 atom stereocenters. The Morgan fingerprint density at radius 3 is 2.47 bits per heavy atom. The summed E-state index contributed by atoms with van der Waals surface area (Å²) in [6, 6.07) is 4.79. The molecule has 0 fully saturated rings. The maximum absolute atomic E-state index is 12.7. The summed E-state index contributed by atoms with van der Waals surface area (Å²) in [5.41, 5.74) is -0.999. The number of nitrogens with one attached hydrogen (secondary N) is 1. The molecular formula is C12H12F3NO3. The number of amides is 1. The molecule has 0 unspecified atom stereocenters. The maximum atomic E-state index is 12.7. The molecule has 0 aliphatic carbocycles. The molecular weight excluding hydrogens is 263 g/mol. The van der Waals surface area contributed by atoms with Gasteiger partial charge in [-0.25, -0.2) is 0 Å². The van der Waals surface area contributed by atoms with Crippen molar-refractivity contribution in [3.05, 3.63) is 35.4 Å². The first kappa shape index (κ1) is 15.0. The molecule has 1 N–H and O–H groups in total. The molecule has 4 nitrogen and oxygen atoms in total. The number of carbonyl (C=O) groups is 2. The number of benzene rings is 1. The summed E-state index contributed by atoms with van der Waals surface area (Å²) >= 11 is 0. The topological polar surface area (TPSA) is 55.4 Å². The van der Waals surface area contributed by atoms with E-state index in [1.807, 2.05) is 0 Å². The molecule has 0 aromatic heterocycles. The monoisotopic (exact) mass is 275 g/mol. The Morgan fingerprint density at radius 1 is 1.26 bits per heavy atom. The van der Waals surface area contributed by atoms with Crippen LogP contribution in [0.1, 0.15) is 11.1 Å². The molecule has 1 amide bonds. The number of carbonyl (C=O) groups excluding carboxylic acids is 2. The smallest absolute Gasteiger partial charge is 0.416 e. The van der Waals surface area contributed by atoms with E-state index in [2.05, 4.69) is 10.1 Å². The lowest BCUT2D eigenvalue weighted by Gasteiger charge is -2.12. The van der Waals surface area contributed by atoms with Gasteiger partial charge in [-0.05, 0) is 11.6 Å². The number of esters is 1. The van der Waals surface area contributed by atoms with Crippen LogP contribution in [0.3, 0.4) is 0 Å². The Balaban J connectivity index is 2.72. The summed E-state index contributed by atoms with van der Waals surface area (Å²) < 4.78 is 42.3. The number of hydrogen-bond donors (Lipinski definition) is 1. The standard InChI is InChI=1S/C12H12F3NO3/c1-19-11(18)7-16-10(17)6-8-4-2-3-5-9(8)12(13,14)15/h2-5H,6-7H2,1H3,(H,16,17). The maximum Gasteiger partial charge on any atom is 0.416 e. The zero-order valence-corrected chi connectivity index (χ0v) is 10.1. The van der Waals surface area contributed by atoms with Crippen molar-refractivity contribution in [2.24, 2.45) is 0 Å². The van der Waals surface area contributed by atoms with E-state index in [-0.39, 0.29) is 12.1 Å². The number of hydrogen-bond acceptors (Lipinski definition) is 3. The first-order valence-corrected chi connectivity index (χ1v) is 5.33. The Kier molecular flexibility index (Phi) is 4.91. The molecule has 0 saturated heterocycles. The average molecular weight is 275 g/mol. The van der Waals surface area contributed by atoms with Crippen LogP contribution in [0.5, 0.6) is 0 Å². The van der Waals surface area contributed by atoms with Crippen LogP contribution in [-0.4, -0.2) is 25.5 Å². The van der Waals surface area contributed by atoms with Crippen LogP contribution in [0.25, 0.3) is 0 Å². The fourth-order valence-corrected chi connectivity index (χ4v) is 1.43. The fraction of sp³-hybridized carbons (Fsp3) is 0.333. The predicted octanol–water partition coefficient (Wildman–Crippen LogP) is 1.54. The summed E-state index contributed by atoms with van der Waals surface area (Å²) in [5.74, 6) is -1.35. The molecule has 0 radical (unpaired) electrons. The first-order chi connectivity index (χ1) is 8.84. The van der Waals surface area contributed by atoms with Crippen LogP contribution < -0.4 is 5.32 Å². The lowest BCUT2D eigenvalue weighted by atomic mass is 10.0. The molecule has 0 heterocycles. The zero-order valence-electron chi connectivity index (χ0n) is 10.1. The second-order valence-electron chi connectivity index (χ2n) is 3.68. The Hall–Kier alpha value is -2.05. The van der Waals surface area contributed by atoms with Gasteiger partial charge in [0.05, 0.1) is 19.1 Å². The van der Waals surface area contributed by atoms with E-state index in [9.17, 15) is 22.8 Å². The molecule has 0 aliphatic rings. The fourth-order valence-electron chi connectivity index (χ4n) is 1.43. The minimum atomic E-state index is -4.51. The number of ether oxygens (including phenoxy) is 1. The lowest BCUT2D eigenvalue weighted by Crippen LogP contribution is -2.31. The molecule has 1 rings (SSSR count). The van der Waals surface area contributed by atoms with Gasteiger partial charge in [0, 0.05) is 0 Å². The zero-order chi connectivity index (χ0) is 14.5. The predicted molar refractivity (Wildman–Crippen MR) is 60.2 cm³/mol. The summed E-state index contributed by atoms with van der Waals surface area (Å²) in [6.07, 6.45) is -4.97. The molecule has 0 saturated carbocycles. The van der Waals surface area contributed by atoms with Gasteiger partial charge in [-0.1, -0.05) is 18.2 Å². The van der Waals surface area contributed by atoms with Crippen molar-refractivity contribution in [2.45, 2.75) is 12.6 Å². The number of halogens is 3. The normalized spacial score (nSPS) is 10.9. The minimum Gasteiger partial charge on any atom is -0.468 e. The van der Waals surface area contributed by atoms with Gasteiger partial charge in [-0.15, -0.1) is 0 Å². The van der Waals surface area contributed by atoms with Crippen molar-refractivity contribution in [1.82, 2.24) is 5.32 Å². The van der Waals surface area contributed by atoms with Crippen molar-refractivity contribution in [3.8, 4) is 0 Å². The lowest BCUT2D eigenvalue weighted by molar-refractivity contribution is -0.141. The molecule has 0 spiro atoms. The summed E-state index contributed by atoms with van der Waals surface area (Å²) in [4.78, 5) is 22.2. The Morgan fingerprint density at radius 2 is 1.89 bits per heavy atom. The highest BCUT2D eigenvalue weighted by Crippen LogP contribution is 2.31. The van der Waals surface area contributed by atoms with E-state index < -0.39 is 30.0 Å². The van der Waals surface area contributed by atoms with Gasteiger partial charge in [-0.2, -0.15) is 13.2 Å². The third kappa shape index (κ3) is 4.61. The van der Waals surface area contributed by atoms with Crippen LogP contribution in [0.15, 0.2) is 24.3 Å². The van der Waals surface area contributed by atoms with Crippen LogP contribution >= 0.6 is 0 Å². The highest BCUT2D eigenvalue weighted by molar-refractivity contribution is 5.83. The number of rotatable bonds is 4. The van der Waals surface area contributed by atoms with Crippen molar-refractivity contribution in [3.63, 3.8) is 0 Å². The van der Waals surface area contributed by atoms with E-state index in [1.54, 1.807) is 0 Å².